The second kappa shape index (κ2) is 7.28. The summed E-state index contributed by atoms with van der Waals surface area (Å²) < 4.78 is 18.2. The number of halogens is 2. The van der Waals surface area contributed by atoms with E-state index in [-0.39, 0.29) is 23.4 Å². The number of hydrogen-bond acceptors (Lipinski definition) is 6. The first kappa shape index (κ1) is 17.5. The fraction of sp³-hybridized carbons (Fsp3) is 0.0625. The Kier molecular flexibility index (Phi) is 4.90. The number of aromatic nitrogens is 3. The van der Waals surface area contributed by atoms with Gasteiger partial charge in [0.15, 0.2) is 0 Å². The maximum absolute atomic E-state index is 13.1. The average Bonchev–Trinajstić information content (AvgIpc) is 3.06. The van der Waals surface area contributed by atoms with Crippen molar-refractivity contribution in [1.82, 2.24) is 20.3 Å². The first-order valence-corrected chi connectivity index (χ1v) is 7.76. The molecule has 2 aromatic heterocycles. The Bertz CT molecular complexity index is 962. The molecule has 0 spiro atoms. The fourth-order valence-electron chi connectivity index (χ4n) is 2.16. The lowest BCUT2D eigenvalue weighted by Crippen LogP contribution is -2.26. The van der Waals surface area contributed by atoms with Gasteiger partial charge in [-0.25, -0.2) is 19.2 Å². The molecule has 1 aromatic carbocycles. The van der Waals surface area contributed by atoms with E-state index in [0.29, 0.717) is 22.5 Å². The SMILES string of the molecule is Nc1ncc(N)c(-c2c[nH]c(OC(=O)NCc3ccc(F)c(Cl)c3)c2)n1. The highest BCUT2D eigenvalue weighted by molar-refractivity contribution is 6.30. The number of aromatic amines is 1. The molecule has 8 nitrogen and oxygen atoms in total. The van der Waals surface area contributed by atoms with Crippen molar-refractivity contribution in [3.63, 3.8) is 0 Å². The molecule has 2 heterocycles. The molecule has 0 aliphatic heterocycles. The van der Waals surface area contributed by atoms with Crippen molar-refractivity contribution in [2.24, 2.45) is 0 Å². The minimum absolute atomic E-state index is 0.0200. The molecule has 3 aromatic rings. The molecule has 0 saturated carbocycles. The predicted molar refractivity (Wildman–Crippen MR) is 94.9 cm³/mol. The van der Waals surface area contributed by atoms with E-state index in [0.717, 1.165) is 0 Å². The summed E-state index contributed by atoms with van der Waals surface area (Å²) in [6, 6.07) is 5.70. The zero-order chi connectivity index (χ0) is 18.7. The topological polar surface area (TPSA) is 132 Å². The first-order chi connectivity index (χ1) is 12.4. The Morgan fingerprint density at radius 2 is 2.15 bits per heavy atom. The average molecular weight is 377 g/mol. The van der Waals surface area contributed by atoms with E-state index < -0.39 is 11.9 Å². The number of nitrogen functional groups attached to an aromatic ring is 2. The third-order valence-electron chi connectivity index (χ3n) is 3.39. The number of hydrogen-bond donors (Lipinski definition) is 4. The Labute approximate surface area is 152 Å². The quantitative estimate of drug-likeness (QED) is 0.553. The standard InChI is InChI=1S/C16H14ClFN6O2/c17-10-3-8(1-2-11(10)18)5-23-16(25)26-13-4-9(6-21-13)14-12(19)7-22-15(20)24-14/h1-4,6-7,21H,5,19H2,(H,23,25)(H2,20,22,24). The van der Waals surface area contributed by atoms with Gasteiger partial charge in [0.2, 0.25) is 11.8 Å². The van der Waals surface area contributed by atoms with Gasteiger partial charge in [0.25, 0.3) is 0 Å². The number of carbonyl (C=O) groups excluding carboxylic acids is 1. The second-order valence-electron chi connectivity index (χ2n) is 5.28. The lowest BCUT2D eigenvalue weighted by atomic mass is 10.2. The summed E-state index contributed by atoms with van der Waals surface area (Å²) in [6.07, 6.45) is 2.26. The number of rotatable bonds is 4. The van der Waals surface area contributed by atoms with Crippen molar-refractivity contribution in [2.45, 2.75) is 6.54 Å². The molecule has 0 unspecified atom stereocenters. The van der Waals surface area contributed by atoms with E-state index >= 15 is 0 Å². The summed E-state index contributed by atoms with van der Waals surface area (Å²) in [4.78, 5) is 22.5. The summed E-state index contributed by atoms with van der Waals surface area (Å²) in [5.74, 6) is -0.263. The largest absolute Gasteiger partial charge is 0.414 e. The summed E-state index contributed by atoms with van der Waals surface area (Å²) in [5.41, 5.74) is 13.3. The molecule has 0 bridgehead atoms. The van der Waals surface area contributed by atoms with Gasteiger partial charge in [-0.05, 0) is 17.7 Å². The van der Waals surface area contributed by atoms with Crippen molar-refractivity contribution >= 4 is 29.3 Å². The smallest absolute Gasteiger partial charge is 0.396 e. The zero-order valence-corrected chi connectivity index (χ0v) is 14.0. The van der Waals surface area contributed by atoms with E-state index in [9.17, 15) is 9.18 Å². The molecule has 6 N–H and O–H groups in total. The van der Waals surface area contributed by atoms with Crippen LogP contribution in [0.2, 0.25) is 5.02 Å². The second-order valence-corrected chi connectivity index (χ2v) is 5.68. The molecule has 3 rings (SSSR count). The van der Waals surface area contributed by atoms with Crippen LogP contribution in [-0.4, -0.2) is 21.0 Å². The van der Waals surface area contributed by atoms with E-state index in [1.54, 1.807) is 12.3 Å². The van der Waals surface area contributed by atoms with Gasteiger partial charge in [0.1, 0.15) is 11.5 Å². The maximum Gasteiger partial charge on any atom is 0.414 e. The third-order valence-corrected chi connectivity index (χ3v) is 3.68. The molecule has 0 aliphatic carbocycles. The molecular formula is C16H14ClFN6O2. The van der Waals surface area contributed by atoms with Gasteiger partial charge in [-0.15, -0.1) is 0 Å². The Morgan fingerprint density at radius 3 is 2.92 bits per heavy atom. The van der Waals surface area contributed by atoms with E-state index in [1.807, 2.05) is 0 Å². The summed E-state index contributed by atoms with van der Waals surface area (Å²) in [7, 11) is 0. The summed E-state index contributed by atoms with van der Waals surface area (Å²) in [5, 5.41) is 2.51. The number of H-pyrrole nitrogens is 1. The van der Waals surface area contributed by atoms with Gasteiger partial charge in [-0.3, -0.25) is 0 Å². The van der Waals surface area contributed by atoms with Gasteiger partial charge in [-0.1, -0.05) is 17.7 Å². The number of nitrogens with zero attached hydrogens (tertiary/aromatic N) is 2. The fourth-order valence-corrected chi connectivity index (χ4v) is 2.37. The molecule has 0 fully saturated rings. The van der Waals surface area contributed by atoms with Gasteiger partial charge in [0.05, 0.1) is 16.9 Å². The van der Waals surface area contributed by atoms with Crippen LogP contribution in [0, 0.1) is 5.82 Å². The van der Waals surface area contributed by atoms with Crippen LogP contribution in [0.1, 0.15) is 5.56 Å². The van der Waals surface area contributed by atoms with E-state index in [2.05, 4.69) is 20.3 Å². The van der Waals surface area contributed by atoms with Crippen molar-refractivity contribution in [3.8, 4) is 17.1 Å². The normalized spacial score (nSPS) is 10.5. The highest BCUT2D eigenvalue weighted by atomic mass is 35.5. The van der Waals surface area contributed by atoms with Crippen LogP contribution in [0.4, 0.5) is 20.8 Å². The van der Waals surface area contributed by atoms with Crippen LogP contribution in [0.15, 0.2) is 36.7 Å². The molecule has 0 atom stereocenters. The van der Waals surface area contributed by atoms with Crippen LogP contribution in [0.3, 0.4) is 0 Å². The number of nitrogens with two attached hydrogens (primary N) is 2. The molecule has 10 heteroatoms. The zero-order valence-electron chi connectivity index (χ0n) is 13.3. The van der Waals surface area contributed by atoms with Gasteiger partial charge in [0, 0.05) is 24.4 Å². The van der Waals surface area contributed by atoms with Crippen molar-refractivity contribution in [2.75, 3.05) is 11.5 Å². The van der Waals surface area contributed by atoms with Crippen LogP contribution in [-0.2, 0) is 6.54 Å². The molecule has 134 valence electrons. The Balaban J connectivity index is 1.62. The number of carbonyl (C=O) groups is 1. The first-order valence-electron chi connectivity index (χ1n) is 7.39. The highest BCUT2D eigenvalue weighted by Gasteiger charge is 2.12. The Morgan fingerprint density at radius 1 is 1.35 bits per heavy atom. The predicted octanol–water partition coefficient (Wildman–Crippen LogP) is 2.72. The molecule has 26 heavy (non-hydrogen) atoms. The lowest BCUT2D eigenvalue weighted by molar-refractivity contribution is 0.198. The third kappa shape index (κ3) is 4.01. The summed E-state index contributed by atoms with van der Waals surface area (Å²) >= 11 is 5.69. The van der Waals surface area contributed by atoms with E-state index in [1.165, 1.54) is 24.4 Å². The number of benzene rings is 1. The van der Waals surface area contributed by atoms with Crippen LogP contribution >= 0.6 is 11.6 Å². The molecular weight excluding hydrogens is 363 g/mol. The number of anilines is 2. The Hall–Kier alpha value is -3.33. The number of ether oxygens (including phenoxy) is 1. The molecule has 1 amide bonds. The van der Waals surface area contributed by atoms with Gasteiger partial charge < -0.3 is 26.5 Å². The van der Waals surface area contributed by atoms with Gasteiger partial charge in [-0.2, -0.15) is 0 Å². The number of nitrogens with one attached hydrogen (secondary N) is 2. The lowest BCUT2D eigenvalue weighted by Gasteiger charge is -2.06. The van der Waals surface area contributed by atoms with Crippen molar-refractivity contribution < 1.29 is 13.9 Å². The van der Waals surface area contributed by atoms with Crippen LogP contribution in [0.25, 0.3) is 11.3 Å². The number of amides is 1. The van der Waals surface area contributed by atoms with Gasteiger partial charge >= 0.3 is 6.09 Å². The van der Waals surface area contributed by atoms with E-state index in [4.69, 9.17) is 27.8 Å². The van der Waals surface area contributed by atoms with Crippen molar-refractivity contribution in [3.05, 3.63) is 53.1 Å². The van der Waals surface area contributed by atoms with Crippen LogP contribution < -0.4 is 21.5 Å². The monoisotopic (exact) mass is 376 g/mol. The summed E-state index contributed by atoms with van der Waals surface area (Å²) in [6.45, 7) is 0.127. The molecule has 0 radical (unpaired) electrons. The molecule has 0 saturated heterocycles. The minimum Gasteiger partial charge on any atom is -0.396 e. The van der Waals surface area contributed by atoms with Crippen LogP contribution in [0.5, 0.6) is 5.88 Å². The maximum atomic E-state index is 13.1. The highest BCUT2D eigenvalue weighted by Crippen LogP contribution is 2.26. The van der Waals surface area contributed by atoms with Crippen molar-refractivity contribution in [1.29, 1.82) is 0 Å². The minimum atomic E-state index is -0.700. The molecule has 0 aliphatic rings.